The summed E-state index contributed by atoms with van der Waals surface area (Å²) in [6.45, 7) is 4.50. The summed E-state index contributed by atoms with van der Waals surface area (Å²) in [5.74, 6) is 0.0816. The first-order valence-electron chi connectivity index (χ1n) is 13.7. The molecule has 2 fully saturated rings. The van der Waals surface area contributed by atoms with Crippen LogP contribution in [0.1, 0.15) is 36.8 Å². The fourth-order valence-electron chi connectivity index (χ4n) is 6.20. The Kier molecular flexibility index (Phi) is 8.09. The fourth-order valence-corrected chi connectivity index (χ4v) is 7.20. The van der Waals surface area contributed by atoms with Gasteiger partial charge in [0.05, 0.1) is 25.2 Å². The molecule has 5 rings (SSSR count). The van der Waals surface area contributed by atoms with Crippen LogP contribution in [0.3, 0.4) is 0 Å². The third-order valence-corrected chi connectivity index (χ3v) is 9.60. The Morgan fingerprint density at radius 3 is 2.37 bits per heavy atom. The third-order valence-electron chi connectivity index (χ3n) is 8.47. The number of nitrogens with zero attached hydrogens (tertiary/aromatic N) is 3. The number of fused-ring (bicyclic) bond motifs is 2. The SMILES string of the molecule is CN1CCC(N[C@H](COCc2ccccc2)C(=O)N2CCC3(CC2)CN(S(C)(=O)=O)c2ccccc23)CC1. The van der Waals surface area contributed by atoms with E-state index in [-0.39, 0.29) is 11.3 Å². The monoisotopic (exact) mass is 540 g/mol. The van der Waals surface area contributed by atoms with Crippen LogP contribution in [0, 0.1) is 0 Å². The molecule has 1 amide bonds. The number of hydrogen-bond acceptors (Lipinski definition) is 6. The van der Waals surface area contributed by atoms with Crippen molar-refractivity contribution < 1.29 is 17.9 Å². The first-order chi connectivity index (χ1) is 18.2. The minimum Gasteiger partial charge on any atom is -0.375 e. The smallest absolute Gasteiger partial charge is 0.242 e. The molecular formula is C29H40N4O4S. The predicted octanol–water partition coefficient (Wildman–Crippen LogP) is 2.60. The predicted molar refractivity (Wildman–Crippen MR) is 150 cm³/mol. The molecule has 0 radical (unpaired) electrons. The van der Waals surface area contributed by atoms with Gasteiger partial charge in [-0.3, -0.25) is 9.10 Å². The summed E-state index contributed by atoms with van der Waals surface area (Å²) in [7, 11) is -1.23. The van der Waals surface area contributed by atoms with E-state index in [1.165, 1.54) is 6.26 Å². The highest BCUT2D eigenvalue weighted by atomic mass is 32.2. The average Bonchev–Trinajstić information content (AvgIpc) is 3.24. The molecule has 8 nitrogen and oxygen atoms in total. The maximum atomic E-state index is 13.8. The number of ether oxygens (including phenoxy) is 1. The largest absolute Gasteiger partial charge is 0.375 e. The number of amides is 1. The standard InChI is InChI=1S/C29H40N4O4S/c1-31-16-12-24(13-17-31)30-26(21-37-20-23-8-4-3-5-9-23)28(34)32-18-14-29(15-19-32)22-33(38(2,35)36)27-11-7-6-10-25(27)29/h3-11,24,26,30H,12-22H2,1-2H3/t26-/m1/s1. The lowest BCUT2D eigenvalue weighted by molar-refractivity contribution is -0.137. The zero-order valence-electron chi connectivity index (χ0n) is 22.5. The molecule has 0 bridgehead atoms. The Morgan fingerprint density at radius 2 is 1.68 bits per heavy atom. The molecule has 0 unspecified atom stereocenters. The van der Waals surface area contributed by atoms with E-state index in [1.54, 1.807) is 4.31 Å². The lowest BCUT2D eigenvalue weighted by Crippen LogP contribution is -2.56. The molecule has 9 heteroatoms. The number of rotatable bonds is 8. The molecule has 3 heterocycles. The van der Waals surface area contributed by atoms with Gasteiger partial charge in [0, 0.05) is 31.1 Å². The molecule has 0 aromatic heterocycles. The molecule has 1 atom stereocenters. The highest BCUT2D eigenvalue weighted by Crippen LogP contribution is 2.47. The molecular weight excluding hydrogens is 500 g/mol. The van der Waals surface area contributed by atoms with E-state index in [2.05, 4.69) is 23.3 Å². The van der Waals surface area contributed by atoms with Crippen LogP contribution in [0.2, 0.25) is 0 Å². The summed E-state index contributed by atoms with van der Waals surface area (Å²) in [4.78, 5) is 18.1. The van der Waals surface area contributed by atoms with Crippen LogP contribution in [0.4, 0.5) is 5.69 Å². The van der Waals surface area contributed by atoms with Crippen molar-refractivity contribution in [1.82, 2.24) is 15.1 Å². The third kappa shape index (κ3) is 5.91. The topological polar surface area (TPSA) is 82.2 Å². The van der Waals surface area contributed by atoms with Crippen molar-refractivity contribution in [2.45, 2.75) is 49.8 Å². The van der Waals surface area contributed by atoms with Gasteiger partial charge in [-0.15, -0.1) is 0 Å². The molecule has 2 aromatic carbocycles. The Labute approximate surface area is 227 Å². The van der Waals surface area contributed by atoms with E-state index in [0.29, 0.717) is 38.9 Å². The van der Waals surface area contributed by atoms with Crippen molar-refractivity contribution in [3.8, 4) is 0 Å². The molecule has 0 saturated carbocycles. The normalized spacial score (nSPS) is 21.0. The van der Waals surface area contributed by atoms with Crippen LogP contribution in [0.25, 0.3) is 0 Å². The van der Waals surface area contributed by atoms with Crippen LogP contribution >= 0.6 is 0 Å². The van der Waals surface area contributed by atoms with Gasteiger partial charge >= 0.3 is 0 Å². The van der Waals surface area contributed by atoms with E-state index in [4.69, 9.17) is 4.74 Å². The van der Waals surface area contributed by atoms with Crippen molar-refractivity contribution in [2.24, 2.45) is 0 Å². The van der Waals surface area contributed by atoms with Crippen molar-refractivity contribution in [3.63, 3.8) is 0 Å². The minimum absolute atomic E-state index is 0.0816. The molecule has 0 aliphatic carbocycles. The summed E-state index contributed by atoms with van der Waals surface area (Å²) >= 11 is 0. The first-order valence-corrected chi connectivity index (χ1v) is 15.5. The van der Waals surface area contributed by atoms with Crippen LogP contribution in [0.5, 0.6) is 0 Å². The van der Waals surface area contributed by atoms with Crippen molar-refractivity contribution in [1.29, 1.82) is 0 Å². The molecule has 2 saturated heterocycles. The van der Waals surface area contributed by atoms with Crippen molar-refractivity contribution >= 4 is 21.6 Å². The molecule has 3 aliphatic rings. The molecule has 2 aromatic rings. The number of benzene rings is 2. The Hall–Kier alpha value is -2.46. The highest BCUT2D eigenvalue weighted by molar-refractivity contribution is 7.92. The number of hydrogen-bond donors (Lipinski definition) is 1. The summed E-state index contributed by atoms with van der Waals surface area (Å²) in [5.41, 5.74) is 2.71. The second kappa shape index (κ2) is 11.3. The number of nitrogens with one attached hydrogen (secondary N) is 1. The van der Waals surface area contributed by atoms with Crippen LogP contribution in [-0.2, 0) is 31.6 Å². The Balaban J connectivity index is 1.26. The summed E-state index contributed by atoms with van der Waals surface area (Å²) in [6, 6.07) is 17.8. The van der Waals surface area contributed by atoms with Gasteiger partial charge in [-0.1, -0.05) is 48.5 Å². The van der Waals surface area contributed by atoms with E-state index >= 15 is 0 Å². The molecule has 1 N–H and O–H groups in total. The van der Waals surface area contributed by atoms with E-state index < -0.39 is 16.1 Å². The lowest BCUT2D eigenvalue weighted by atomic mass is 9.74. The summed E-state index contributed by atoms with van der Waals surface area (Å²) in [5, 5.41) is 3.63. The molecule has 1 spiro atoms. The fraction of sp³-hybridized carbons (Fsp3) is 0.552. The quantitative estimate of drug-likeness (QED) is 0.555. The number of anilines is 1. The van der Waals surface area contributed by atoms with Gasteiger partial charge in [0.25, 0.3) is 0 Å². The van der Waals surface area contributed by atoms with Gasteiger partial charge in [-0.05, 0) is 63.0 Å². The van der Waals surface area contributed by atoms with Gasteiger partial charge in [-0.25, -0.2) is 8.42 Å². The number of carbonyl (C=O) groups excluding carboxylic acids is 1. The number of para-hydroxylation sites is 1. The summed E-state index contributed by atoms with van der Waals surface area (Å²) < 4.78 is 32.7. The summed E-state index contributed by atoms with van der Waals surface area (Å²) in [6.07, 6.45) is 4.79. The molecule has 38 heavy (non-hydrogen) atoms. The van der Waals surface area contributed by atoms with Gasteiger partial charge < -0.3 is 19.9 Å². The van der Waals surface area contributed by atoms with E-state index in [0.717, 1.165) is 55.6 Å². The maximum absolute atomic E-state index is 13.8. The maximum Gasteiger partial charge on any atom is 0.242 e. The first kappa shape index (κ1) is 27.1. The number of carbonyl (C=O) groups is 1. The van der Waals surface area contributed by atoms with E-state index in [1.807, 2.05) is 53.4 Å². The van der Waals surface area contributed by atoms with Gasteiger partial charge in [-0.2, -0.15) is 0 Å². The zero-order valence-corrected chi connectivity index (χ0v) is 23.3. The second-order valence-electron chi connectivity index (χ2n) is 11.2. The van der Waals surface area contributed by atoms with Gasteiger partial charge in [0.2, 0.25) is 15.9 Å². The number of sulfonamides is 1. The molecule has 206 valence electrons. The van der Waals surface area contributed by atoms with E-state index in [9.17, 15) is 13.2 Å². The van der Waals surface area contributed by atoms with Crippen LogP contribution in [0.15, 0.2) is 54.6 Å². The average molecular weight is 541 g/mol. The number of piperidine rings is 2. The van der Waals surface area contributed by atoms with Crippen molar-refractivity contribution in [2.75, 3.05) is 56.9 Å². The Bertz CT molecular complexity index is 1210. The van der Waals surface area contributed by atoms with Crippen LogP contribution < -0.4 is 9.62 Å². The molecule has 3 aliphatic heterocycles. The van der Waals surface area contributed by atoms with Gasteiger partial charge in [0.15, 0.2) is 0 Å². The highest BCUT2D eigenvalue weighted by Gasteiger charge is 2.47. The number of likely N-dealkylation sites (tertiary alicyclic amines) is 2. The van der Waals surface area contributed by atoms with Crippen LogP contribution in [-0.4, -0.2) is 88.8 Å². The van der Waals surface area contributed by atoms with Crippen molar-refractivity contribution in [3.05, 3.63) is 65.7 Å². The Morgan fingerprint density at radius 1 is 1.03 bits per heavy atom. The van der Waals surface area contributed by atoms with Gasteiger partial charge in [0.1, 0.15) is 6.04 Å². The lowest BCUT2D eigenvalue weighted by Gasteiger charge is -2.41. The zero-order chi connectivity index (χ0) is 26.8. The second-order valence-corrected chi connectivity index (χ2v) is 13.1. The minimum atomic E-state index is -3.37.